The Balaban J connectivity index is 1.61. The standard InChI is InChI=1S/C14H26OSi/c1-15-16(2,3)9-5-4-6-13-10-12-7-8-14(13)11-12/h7-8,12-14H,4-6,9-11H2,1-3H3. The van der Waals surface area contributed by atoms with Crippen LogP contribution in [0, 0.1) is 17.8 Å². The highest BCUT2D eigenvalue weighted by atomic mass is 28.4. The summed E-state index contributed by atoms with van der Waals surface area (Å²) in [6.45, 7) is 4.65. The second kappa shape index (κ2) is 5.05. The molecule has 16 heavy (non-hydrogen) atoms. The van der Waals surface area contributed by atoms with Gasteiger partial charge in [0, 0.05) is 7.11 Å². The van der Waals surface area contributed by atoms with Crippen molar-refractivity contribution in [1.82, 2.24) is 0 Å². The highest BCUT2D eigenvalue weighted by Crippen LogP contribution is 2.45. The van der Waals surface area contributed by atoms with Crippen LogP contribution in [0.2, 0.25) is 19.1 Å². The summed E-state index contributed by atoms with van der Waals surface area (Å²) >= 11 is 0. The average molecular weight is 238 g/mol. The highest BCUT2D eigenvalue weighted by Gasteiger charge is 2.34. The smallest absolute Gasteiger partial charge is 0.186 e. The number of rotatable bonds is 6. The molecule has 2 heteroatoms. The van der Waals surface area contributed by atoms with Crippen LogP contribution in [0.4, 0.5) is 0 Å². The van der Waals surface area contributed by atoms with Crippen molar-refractivity contribution in [3.63, 3.8) is 0 Å². The first-order valence-electron chi connectivity index (χ1n) is 6.84. The predicted molar refractivity (Wildman–Crippen MR) is 72.0 cm³/mol. The molecule has 2 aliphatic carbocycles. The number of fused-ring (bicyclic) bond motifs is 2. The van der Waals surface area contributed by atoms with Gasteiger partial charge in [0.15, 0.2) is 8.32 Å². The molecule has 92 valence electrons. The van der Waals surface area contributed by atoms with E-state index in [9.17, 15) is 0 Å². The van der Waals surface area contributed by atoms with Gasteiger partial charge in [-0.05, 0) is 56.2 Å². The summed E-state index contributed by atoms with van der Waals surface area (Å²) in [5, 5.41) is 0. The summed E-state index contributed by atoms with van der Waals surface area (Å²) in [6.07, 6.45) is 12.1. The molecule has 2 rings (SSSR count). The Bertz CT molecular complexity index is 259. The van der Waals surface area contributed by atoms with Crippen LogP contribution in [0.15, 0.2) is 12.2 Å². The fourth-order valence-electron chi connectivity index (χ4n) is 3.29. The molecule has 0 aromatic carbocycles. The molecule has 3 atom stereocenters. The van der Waals surface area contributed by atoms with Crippen LogP contribution in [-0.2, 0) is 4.43 Å². The van der Waals surface area contributed by atoms with E-state index in [-0.39, 0.29) is 0 Å². The summed E-state index contributed by atoms with van der Waals surface area (Å²) < 4.78 is 5.59. The van der Waals surface area contributed by atoms with Crippen LogP contribution in [0.1, 0.15) is 32.1 Å². The fraction of sp³-hybridized carbons (Fsp3) is 0.857. The molecule has 1 nitrogen and oxygen atoms in total. The molecule has 0 spiro atoms. The lowest BCUT2D eigenvalue weighted by molar-refractivity contribution is 0.386. The molecule has 2 aliphatic rings. The minimum Gasteiger partial charge on any atom is -0.420 e. The Morgan fingerprint density at radius 3 is 2.56 bits per heavy atom. The fourth-order valence-corrected chi connectivity index (χ4v) is 4.59. The highest BCUT2D eigenvalue weighted by molar-refractivity contribution is 6.71. The van der Waals surface area contributed by atoms with Gasteiger partial charge in [0.1, 0.15) is 0 Å². The quantitative estimate of drug-likeness (QED) is 0.382. The maximum atomic E-state index is 5.59. The van der Waals surface area contributed by atoms with Gasteiger partial charge in [-0.3, -0.25) is 0 Å². The van der Waals surface area contributed by atoms with E-state index in [2.05, 4.69) is 25.2 Å². The van der Waals surface area contributed by atoms with Gasteiger partial charge in [0.25, 0.3) is 0 Å². The lowest BCUT2D eigenvalue weighted by Crippen LogP contribution is -2.27. The first kappa shape index (κ1) is 12.4. The summed E-state index contributed by atoms with van der Waals surface area (Å²) in [5.74, 6) is 2.90. The monoisotopic (exact) mass is 238 g/mol. The lowest BCUT2D eigenvalue weighted by atomic mass is 9.89. The van der Waals surface area contributed by atoms with Gasteiger partial charge >= 0.3 is 0 Å². The van der Waals surface area contributed by atoms with Crippen molar-refractivity contribution >= 4 is 8.32 Å². The maximum Gasteiger partial charge on any atom is 0.186 e. The van der Waals surface area contributed by atoms with Crippen LogP contribution in [0.5, 0.6) is 0 Å². The Kier molecular flexibility index (Phi) is 3.91. The van der Waals surface area contributed by atoms with E-state index in [1.165, 1.54) is 38.1 Å². The molecular formula is C14H26OSi. The molecule has 3 unspecified atom stereocenters. The van der Waals surface area contributed by atoms with Crippen LogP contribution in [0.25, 0.3) is 0 Å². The molecule has 0 radical (unpaired) electrons. The van der Waals surface area contributed by atoms with Crippen molar-refractivity contribution in [3.8, 4) is 0 Å². The molecule has 1 saturated carbocycles. The SMILES string of the molecule is CO[Si](C)(C)CCCCC1CC2C=CC1C2. The molecule has 0 amide bonds. The van der Waals surface area contributed by atoms with Gasteiger partial charge in [-0.1, -0.05) is 25.0 Å². The van der Waals surface area contributed by atoms with Crippen molar-refractivity contribution in [1.29, 1.82) is 0 Å². The largest absolute Gasteiger partial charge is 0.420 e. The third-order valence-electron chi connectivity index (χ3n) is 4.57. The van der Waals surface area contributed by atoms with E-state index >= 15 is 0 Å². The first-order chi connectivity index (χ1) is 7.61. The summed E-state index contributed by atoms with van der Waals surface area (Å²) in [4.78, 5) is 0. The molecule has 0 heterocycles. The van der Waals surface area contributed by atoms with Gasteiger partial charge in [-0.25, -0.2) is 0 Å². The van der Waals surface area contributed by atoms with Crippen molar-refractivity contribution in [2.75, 3.05) is 7.11 Å². The second-order valence-corrected chi connectivity index (χ2v) is 10.7. The topological polar surface area (TPSA) is 9.23 Å². The Labute approximate surface area is 101 Å². The average Bonchev–Trinajstić information content (AvgIpc) is 2.86. The normalized spacial score (nSPS) is 32.6. The van der Waals surface area contributed by atoms with Gasteiger partial charge in [0.05, 0.1) is 0 Å². The number of unbranched alkanes of at least 4 members (excludes halogenated alkanes) is 1. The van der Waals surface area contributed by atoms with E-state index in [1.807, 2.05) is 7.11 Å². The number of hydrogen-bond donors (Lipinski definition) is 0. The van der Waals surface area contributed by atoms with E-state index in [4.69, 9.17) is 4.43 Å². The minimum absolute atomic E-state index is 0.942. The zero-order valence-electron chi connectivity index (χ0n) is 11.0. The van der Waals surface area contributed by atoms with Crippen molar-refractivity contribution in [3.05, 3.63) is 12.2 Å². The minimum atomic E-state index is -1.28. The predicted octanol–water partition coefficient (Wildman–Crippen LogP) is 4.22. The molecule has 0 saturated heterocycles. The molecular weight excluding hydrogens is 212 g/mol. The zero-order valence-corrected chi connectivity index (χ0v) is 12.0. The molecule has 0 aromatic rings. The second-order valence-electron chi connectivity index (χ2n) is 6.25. The molecule has 2 bridgehead atoms. The van der Waals surface area contributed by atoms with Crippen LogP contribution < -0.4 is 0 Å². The Morgan fingerprint density at radius 1 is 1.19 bits per heavy atom. The molecule has 1 fully saturated rings. The van der Waals surface area contributed by atoms with E-state index < -0.39 is 8.32 Å². The van der Waals surface area contributed by atoms with E-state index in [1.54, 1.807) is 0 Å². The van der Waals surface area contributed by atoms with Crippen LogP contribution in [0.3, 0.4) is 0 Å². The molecule has 0 N–H and O–H groups in total. The third-order valence-corrected chi connectivity index (χ3v) is 7.24. The van der Waals surface area contributed by atoms with Gasteiger partial charge in [0.2, 0.25) is 0 Å². The van der Waals surface area contributed by atoms with E-state index in [0.29, 0.717) is 0 Å². The number of allylic oxidation sites excluding steroid dienone is 2. The Hall–Kier alpha value is -0.0831. The van der Waals surface area contributed by atoms with Crippen molar-refractivity contribution < 1.29 is 4.43 Å². The Morgan fingerprint density at radius 2 is 2.00 bits per heavy atom. The van der Waals surface area contributed by atoms with Crippen LogP contribution >= 0.6 is 0 Å². The van der Waals surface area contributed by atoms with Crippen LogP contribution in [-0.4, -0.2) is 15.4 Å². The maximum absolute atomic E-state index is 5.59. The first-order valence-corrected chi connectivity index (χ1v) is 9.96. The lowest BCUT2D eigenvalue weighted by Gasteiger charge is -2.21. The molecule has 0 aromatic heterocycles. The van der Waals surface area contributed by atoms with Crippen molar-refractivity contribution in [2.45, 2.75) is 51.2 Å². The van der Waals surface area contributed by atoms with Gasteiger partial charge in [-0.2, -0.15) is 0 Å². The third kappa shape index (κ3) is 2.98. The van der Waals surface area contributed by atoms with Gasteiger partial charge in [-0.15, -0.1) is 0 Å². The molecule has 0 aliphatic heterocycles. The van der Waals surface area contributed by atoms with Gasteiger partial charge < -0.3 is 4.43 Å². The summed E-state index contributed by atoms with van der Waals surface area (Å²) in [7, 11) is 0.597. The number of hydrogen-bond acceptors (Lipinski definition) is 1. The summed E-state index contributed by atoms with van der Waals surface area (Å²) in [5.41, 5.74) is 0. The van der Waals surface area contributed by atoms with Crippen molar-refractivity contribution in [2.24, 2.45) is 17.8 Å². The van der Waals surface area contributed by atoms with E-state index in [0.717, 1.165) is 17.8 Å². The summed E-state index contributed by atoms with van der Waals surface area (Å²) in [6, 6.07) is 1.33. The zero-order chi connectivity index (χ0) is 11.6.